The Labute approximate surface area is 143 Å². The van der Waals surface area contributed by atoms with Gasteiger partial charge >= 0.3 is 0 Å². The zero-order valence-corrected chi connectivity index (χ0v) is 14.7. The van der Waals surface area contributed by atoms with Gasteiger partial charge < -0.3 is 20.9 Å². The van der Waals surface area contributed by atoms with Gasteiger partial charge in [-0.05, 0) is 26.3 Å². The summed E-state index contributed by atoms with van der Waals surface area (Å²) >= 11 is 0. The van der Waals surface area contributed by atoms with Gasteiger partial charge in [-0.25, -0.2) is 4.98 Å². The second-order valence-electron chi connectivity index (χ2n) is 6.26. The quantitative estimate of drug-likeness (QED) is 0.732. The van der Waals surface area contributed by atoms with Crippen LogP contribution in [0.1, 0.15) is 44.0 Å². The smallest absolute Gasteiger partial charge is 0.253 e. The molecule has 0 radical (unpaired) electrons. The summed E-state index contributed by atoms with van der Waals surface area (Å²) in [5.74, 6) is 0.481. The van der Waals surface area contributed by atoms with E-state index in [2.05, 4.69) is 25.8 Å². The number of hydrogen-bond donors (Lipinski definition) is 3. The molecule has 2 amide bonds. The fourth-order valence-corrected chi connectivity index (χ4v) is 2.59. The van der Waals surface area contributed by atoms with Gasteiger partial charge in [0.1, 0.15) is 0 Å². The number of hydrogen-bond acceptors (Lipinski definition) is 5. The molecule has 0 aliphatic carbocycles. The largest absolute Gasteiger partial charge is 0.352 e. The minimum atomic E-state index is -0.185. The average molecular weight is 333 g/mol. The molecule has 2 rings (SSSR count). The predicted molar refractivity (Wildman–Crippen MR) is 95.5 cm³/mol. The van der Waals surface area contributed by atoms with Gasteiger partial charge in [0.05, 0.1) is 11.3 Å². The van der Waals surface area contributed by atoms with Crippen LogP contribution in [0, 0.1) is 0 Å². The van der Waals surface area contributed by atoms with Crippen molar-refractivity contribution in [2.24, 2.45) is 0 Å². The Morgan fingerprint density at radius 3 is 2.67 bits per heavy atom. The van der Waals surface area contributed by atoms with Gasteiger partial charge in [-0.3, -0.25) is 9.59 Å². The highest BCUT2D eigenvalue weighted by Crippen LogP contribution is 2.25. The van der Waals surface area contributed by atoms with E-state index in [1.54, 1.807) is 12.3 Å². The van der Waals surface area contributed by atoms with Crippen LogP contribution in [-0.2, 0) is 4.79 Å². The summed E-state index contributed by atoms with van der Waals surface area (Å²) in [5.41, 5.74) is 1.06. The lowest BCUT2D eigenvalue weighted by atomic mass is 10.2. The van der Waals surface area contributed by atoms with Crippen molar-refractivity contribution in [2.45, 2.75) is 39.7 Å². The molecule has 24 heavy (non-hydrogen) atoms. The van der Waals surface area contributed by atoms with E-state index in [0.29, 0.717) is 17.7 Å². The maximum Gasteiger partial charge on any atom is 0.253 e. The molecule has 0 spiro atoms. The van der Waals surface area contributed by atoms with E-state index < -0.39 is 0 Å². The number of amides is 2. The summed E-state index contributed by atoms with van der Waals surface area (Å²) in [5, 5.41) is 9.06. The highest BCUT2D eigenvalue weighted by Gasteiger charge is 2.19. The fourth-order valence-electron chi connectivity index (χ4n) is 2.59. The summed E-state index contributed by atoms with van der Waals surface area (Å²) in [6.07, 6.45) is 2.80. The van der Waals surface area contributed by atoms with Crippen molar-refractivity contribution >= 4 is 23.3 Å². The Morgan fingerprint density at radius 2 is 2.04 bits per heavy atom. The molecule has 1 aromatic heterocycles. The summed E-state index contributed by atoms with van der Waals surface area (Å²) in [6.45, 7) is 9.16. The van der Waals surface area contributed by atoms with Gasteiger partial charge in [0, 0.05) is 44.8 Å². The topological polar surface area (TPSA) is 86.4 Å². The Hall–Kier alpha value is -2.15. The van der Waals surface area contributed by atoms with Crippen molar-refractivity contribution in [3.63, 3.8) is 0 Å². The van der Waals surface area contributed by atoms with E-state index in [-0.39, 0.29) is 17.9 Å². The number of carbonyl (C=O) groups is 2. The molecule has 1 aliphatic rings. The Kier molecular flexibility index (Phi) is 6.54. The third kappa shape index (κ3) is 4.92. The third-order valence-electron chi connectivity index (χ3n) is 3.72. The molecule has 7 heteroatoms. The molecule has 1 aromatic rings. The number of rotatable bonds is 6. The van der Waals surface area contributed by atoms with E-state index in [9.17, 15) is 9.59 Å². The Balaban J connectivity index is 2.27. The molecule has 132 valence electrons. The standard InChI is InChI=1S/C17H27N5O2/c1-4-5-15(23)21-14-10-13(17(24)20-12(2)3)11-19-16(14)22-8-6-18-7-9-22/h10-12,18H,4-9H2,1-3H3,(H,20,24)(H,21,23). The van der Waals surface area contributed by atoms with Crippen LogP contribution in [0.3, 0.4) is 0 Å². The van der Waals surface area contributed by atoms with Crippen LogP contribution in [0.2, 0.25) is 0 Å². The van der Waals surface area contributed by atoms with E-state index >= 15 is 0 Å². The second kappa shape index (κ2) is 8.63. The SMILES string of the molecule is CCCC(=O)Nc1cc(C(=O)NC(C)C)cnc1N1CCNCC1. The Morgan fingerprint density at radius 1 is 1.33 bits per heavy atom. The van der Waals surface area contributed by atoms with Gasteiger partial charge in [-0.1, -0.05) is 6.92 Å². The number of nitrogens with zero attached hydrogens (tertiary/aromatic N) is 2. The van der Waals surface area contributed by atoms with Crippen molar-refractivity contribution in [3.05, 3.63) is 17.8 Å². The number of carbonyl (C=O) groups excluding carboxylic acids is 2. The number of nitrogens with one attached hydrogen (secondary N) is 3. The van der Waals surface area contributed by atoms with Gasteiger partial charge in [0.2, 0.25) is 5.91 Å². The van der Waals surface area contributed by atoms with Crippen molar-refractivity contribution in [1.82, 2.24) is 15.6 Å². The molecular weight excluding hydrogens is 306 g/mol. The fraction of sp³-hybridized carbons (Fsp3) is 0.588. The van der Waals surface area contributed by atoms with Crippen LogP contribution in [-0.4, -0.2) is 49.0 Å². The molecule has 3 N–H and O–H groups in total. The van der Waals surface area contributed by atoms with Gasteiger partial charge in [-0.2, -0.15) is 0 Å². The van der Waals surface area contributed by atoms with Crippen molar-refractivity contribution in [2.75, 3.05) is 36.4 Å². The number of piperazine rings is 1. The molecule has 2 heterocycles. The predicted octanol–water partition coefficient (Wildman–Crippen LogP) is 1.37. The number of anilines is 2. The molecule has 0 bridgehead atoms. The molecule has 0 saturated carbocycles. The zero-order valence-electron chi connectivity index (χ0n) is 14.7. The van der Waals surface area contributed by atoms with Crippen molar-refractivity contribution in [3.8, 4) is 0 Å². The van der Waals surface area contributed by atoms with Crippen molar-refractivity contribution < 1.29 is 9.59 Å². The van der Waals surface area contributed by atoms with Crippen LogP contribution in [0.5, 0.6) is 0 Å². The monoisotopic (exact) mass is 333 g/mol. The lowest BCUT2D eigenvalue weighted by Gasteiger charge is -2.30. The maximum absolute atomic E-state index is 12.2. The summed E-state index contributed by atoms with van der Waals surface area (Å²) in [4.78, 5) is 30.8. The molecule has 1 fully saturated rings. The first-order valence-corrected chi connectivity index (χ1v) is 8.57. The minimum absolute atomic E-state index is 0.0449. The number of aromatic nitrogens is 1. The highest BCUT2D eigenvalue weighted by molar-refractivity contribution is 5.99. The van der Waals surface area contributed by atoms with E-state index in [1.165, 1.54) is 0 Å². The van der Waals surface area contributed by atoms with Crippen LogP contribution in [0.15, 0.2) is 12.3 Å². The average Bonchev–Trinajstić information content (AvgIpc) is 2.55. The summed E-state index contributed by atoms with van der Waals surface area (Å²) in [7, 11) is 0. The highest BCUT2D eigenvalue weighted by atomic mass is 16.2. The normalized spacial score (nSPS) is 14.6. The van der Waals surface area contributed by atoms with Gasteiger partial charge in [0.25, 0.3) is 5.91 Å². The first-order valence-electron chi connectivity index (χ1n) is 8.57. The molecule has 1 aliphatic heterocycles. The molecule has 1 saturated heterocycles. The molecule has 7 nitrogen and oxygen atoms in total. The Bertz CT molecular complexity index is 582. The lowest BCUT2D eigenvalue weighted by Crippen LogP contribution is -2.44. The molecule has 0 aromatic carbocycles. The molecule has 0 atom stereocenters. The van der Waals surface area contributed by atoms with Gasteiger partial charge in [0.15, 0.2) is 5.82 Å². The first kappa shape index (κ1) is 18.2. The van der Waals surface area contributed by atoms with Crippen LogP contribution in [0.25, 0.3) is 0 Å². The van der Waals surface area contributed by atoms with Crippen LogP contribution in [0.4, 0.5) is 11.5 Å². The van der Waals surface area contributed by atoms with Crippen LogP contribution < -0.4 is 20.9 Å². The lowest BCUT2D eigenvalue weighted by molar-refractivity contribution is -0.116. The van der Waals surface area contributed by atoms with Crippen molar-refractivity contribution in [1.29, 1.82) is 0 Å². The van der Waals surface area contributed by atoms with E-state index in [1.807, 2.05) is 20.8 Å². The first-order chi connectivity index (χ1) is 11.5. The van der Waals surface area contributed by atoms with E-state index in [0.717, 1.165) is 38.4 Å². The van der Waals surface area contributed by atoms with E-state index in [4.69, 9.17) is 0 Å². The van der Waals surface area contributed by atoms with Crippen LogP contribution >= 0.6 is 0 Å². The molecular formula is C17H27N5O2. The molecule has 0 unspecified atom stereocenters. The summed E-state index contributed by atoms with van der Waals surface area (Å²) < 4.78 is 0. The third-order valence-corrected chi connectivity index (χ3v) is 3.72. The minimum Gasteiger partial charge on any atom is -0.352 e. The number of pyridine rings is 1. The zero-order chi connectivity index (χ0) is 17.5. The van der Waals surface area contributed by atoms with Gasteiger partial charge in [-0.15, -0.1) is 0 Å². The summed E-state index contributed by atoms with van der Waals surface area (Å²) in [6, 6.07) is 1.76. The second-order valence-corrected chi connectivity index (χ2v) is 6.26. The maximum atomic E-state index is 12.2.